The molecule has 2 aromatic rings. The first-order valence-electron chi connectivity index (χ1n) is 8.49. The number of benzene rings is 1. The summed E-state index contributed by atoms with van der Waals surface area (Å²) in [6, 6.07) is 7.88. The zero-order chi connectivity index (χ0) is 16.7. The first kappa shape index (κ1) is 15.2. The summed E-state index contributed by atoms with van der Waals surface area (Å²) in [4.78, 5) is 29.0. The Labute approximate surface area is 140 Å². The lowest BCUT2D eigenvalue weighted by atomic mass is 9.85. The number of hydrogen-bond donors (Lipinski definition) is 1. The van der Waals surface area contributed by atoms with Gasteiger partial charge in [-0.2, -0.15) is 0 Å². The molecule has 1 aromatic carbocycles. The molecule has 1 spiro atoms. The van der Waals surface area contributed by atoms with Gasteiger partial charge in [0.2, 0.25) is 5.91 Å². The molecule has 0 radical (unpaired) electrons. The molecular formula is C18H21N3O3. The van der Waals surface area contributed by atoms with Crippen molar-refractivity contribution in [1.29, 1.82) is 0 Å². The van der Waals surface area contributed by atoms with E-state index in [1.165, 1.54) is 0 Å². The number of nitrogens with zero attached hydrogens (tertiary/aromatic N) is 2. The highest BCUT2D eigenvalue weighted by atomic mass is 16.6. The Balaban J connectivity index is 1.49. The summed E-state index contributed by atoms with van der Waals surface area (Å²) >= 11 is 0. The van der Waals surface area contributed by atoms with E-state index in [-0.39, 0.29) is 24.2 Å². The van der Waals surface area contributed by atoms with Gasteiger partial charge in [-0.3, -0.25) is 9.59 Å². The van der Waals surface area contributed by atoms with E-state index in [1.807, 2.05) is 35.9 Å². The molecule has 6 nitrogen and oxygen atoms in total. The minimum Gasteiger partial charge on any atom is -0.458 e. The summed E-state index contributed by atoms with van der Waals surface area (Å²) < 4.78 is 7.53. The van der Waals surface area contributed by atoms with Gasteiger partial charge < -0.3 is 14.6 Å². The van der Waals surface area contributed by atoms with Crippen molar-refractivity contribution in [2.24, 2.45) is 13.0 Å². The van der Waals surface area contributed by atoms with E-state index in [1.54, 1.807) is 0 Å². The summed E-state index contributed by atoms with van der Waals surface area (Å²) in [7, 11) is 1.94. The van der Waals surface area contributed by atoms with Crippen LogP contribution in [-0.4, -0.2) is 27.0 Å². The third-order valence-corrected chi connectivity index (χ3v) is 5.39. The van der Waals surface area contributed by atoms with Gasteiger partial charge in [-0.1, -0.05) is 12.1 Å². The SMILES string of the molecule is Cn1c(CNC(=O)[C@@H]2CC(=O)OC23CCCC3)nc2ccccc21. The van der Waals surface area contributed by atoms with Crippen molar-refractivity contribution in [2.45, 2.75) is 44.2 Å². The summed E-state index contributed by atoms with van der Waals surface area (Å²) in [6.45, 7) is 0.352. The fourth-order valence-corrected chi connectivity index (χ4v) is 4.09. The number of aromatic nitrogens is 2. The van der Waals surface area contributed by atoms with E-state index >= 15 is 0 Å². The van der Waals surface area contributed by atoms with Crippen LogP contribution in [0.5, 0.6) is 0 Å². The summed E-state index contributed by atoms with van der Waals surface area (Å²) in [6.07, 6.45) is 3.81. The number of amides is 1. The molecule has 0 bridgehead atoms. The van der Waals surface area contributed by atoms with Gasteiger partial charge in [0.15, 0.2) is 0 Å². The molecule has 2 fully saturated rings. The Bertz CT molecular complexity index is 805. The number of carbonyl (C=O) groups is 2. The Hall–Kier alpha value is -2.37. The van der Waals surface area contributed by atoms with Crippen LogP contribution in [0, 0.1) is 5.92 Å². The van der Waals surface area contributed by atoms with E-state index in [0.29, 0.717) is 6.54 Å². The number of imidazole rings is 1. The van der Waals surface area contributed by atoms with Crippen molar-refractivity contribution < 1.29 is 14.3 Å². The van der Waals surface area contributed by atoms with Gasteiger partial charge in [0.25, 0.3) is 0 Å². The number of nitrogens with one attached hydrogen (secondary N) is 1. The molecule has 6 heteroatoms. The van der Waals surface area contributed by atoms with Gasteiger partial charge in [-0.05, 0) is 37.8 Å². The average molecular weight is 327 g/mol. The zero-order valence-corrected chi connectivity index (χ0v) is 13.7. The largest absolute Gasteiger partial charge is 0.458 e. The Kier molecular flexibility index (Phi) is 3.55. The highest BCUT2D eigenvalue weighted by Crippen LogP contribution is 2.45. The van der Waals surface area contributed by atoms with Gasteiger partial charge in [-0.25, -0.2) is 4.98 Å². The topological polar surface area (TPSA) is 73.2 Å². The summed E-state index contributed by atoms with van der Waals surface area (Å²) in [5.74, 6) is 0.0760. The van der Waals surface area contributed by atoms with Gasteiger partial charge in [0.1, 0.15) is 11.4 Å². The molecular weight excluding hydrogens is 306 g/mol. The van der Waals surface area contributed by atoms with Gasteiger partial charge in [0, 0.05) is 7.05 Å². The minimum absolute atomic E-state index is 0.102. The Morgan fingerprint density at radius 3 is 2.88 bits per heavy atom. The number of carbonyl (C=O) groups excluding carboxylic acids is 2. The Morgan fingerprint density at radius 1 is 1.38 bits per heavy atom. The van der Waals surface area contributed by atoms with Gasteiger partial charge in [0.05, 0.1) is 29.9 Å². The highest BCUT2D eigenvalue weighted by molar-refractivity contribution is 5.88. The lowest BCUT2D eigenvalue weighted by Crippen LogP contribution is -2.42. The summed E-state index contributed by atoms with van der Waals surface area (Å²) in [5, 5.41) is 2.96. The van der Waals surface area contributed by atoms with E-state index in [0.717, 1.165) is 42.5 Å². The van der Waals surface area contributed by atoms with Crippen molar-refractivity contribution >= 4 is 22.9 Å². The predicted molar refractivity (Wildman–Crippen MR) is 88.0 cm³/mol. The quantitative estimate of drug-likeness (QED) is 0.876. The van der Waals surface area contributed by atoms with E-state index < -0.39 is 5.60 Å². The molecule has 1 saturated carbocycles. The first-order valence-corrected chi connectivity index (χ1v) is 8.49. The maximum atomic E-state index is 12.7. The van der Waals surface area contributed by atoms with Crippen LogP contribution in [0.15, 0.2) is 24.3 Å². The number of ether oxygens (including phenoxy) is 1. The van der Waals surface area contributed by atoms with Crippen LogP contribution in [-0.2, 0) is 27.9 Å². The lowest BCUT2D eigenvalue weighted by molar-refractivity contribution is -0.150. The standard InChI is InChI=1S/C18H21N3O3/c1-21-14-7-3-2-6-13(14)20-15(21)11-19-17(23)12-10-16(22)24-18(12)8-4-5-9-18/h2-3,6-7,12H,4-5,8-11H2,1H3,(H,19,23)/t12-/m0/s1. The van der Waals surface area contributed by atoms with Crippen LogP contribution < -0.4 is 5.32 Å². The maximum absolute atomic E-state index is 12.7. The van der Waals surface area contributed by atoms with Gasteiger partial charge >= 0.3 is 5.97 Å². The maximum Gasteiger partial charge on any atom is 0.307 e. The van der Waals surface area contributed by atoms with Crippen LogP contribution in [0.1, 0.15) is 37.9 Å². The lowest BCUT2D eigenvalue weighted by Gasteiger charge is -2.27. The second-order valence-electron chi connectivity index (χ2n) is 6.80. The highest BCUT2D eigenvalue weighted by Gasteiger charge is 2.53. The fourth-order valence-electron chi connectivity index (χ4n) is 4.09. The van der Waals surface area contributed by atoms with Crippen LogP contribution in [0.25, 0.3) is 11.0 Å². The molecule has 0 unspecified atom stereocenters. The third-order valence-electron chi connectivity index (χ3n) is 5.39. The number of para-hydroxylation sites is 2. The molecule has 1 N–H and O–H groups in total. The second kappa shape index (κ2) is 5.61. The molecule has 1 aliphatic heterocycles. The zero-order valence-electron chi connectivity index (χ0n) is 13.7. The Morgan fingerprint density at radius 2 is 2.12 bits per heavy atom. The monoisotopic (exact) mass is 327 g/mol. The molecule has 1 aliphatic carbocycles. The molecule has 1 saturated heterocycles. The molecule has 1 aromatic heterocycles. The second-order valence-corrected chi connectivity index (χ2v) is 6.80. The van der Waals surface area contributed by atoms with Crippen molar-refractivity contribution in [1.82, 2.24) is 14.9 Å². The van der Waals surface area contributed by atoms with E-state index in [9.17, 15) is 9.59 Å². The third kappa shape index (κ3) is 2.37. The average Bonchev–Trinajstić information content (AvgIpc) is 3.25. The normalized spacial score (nSPS) is 22.2. The molecule has 1 amide bonds. The van der Waals surface area contributed by atoms with Crippen molar-refractivity contribution in [3.05, 3.63) is 30.1 Å². The van der Waals surface area contributed by atoms with Crippen LogP contribution in [0.3, 0.4) is 0 Å². The van der Waals surface area contributed by atoms with Crippen molar-refractivity contribution in [2.75, 3.05) is 0 Å². The fraction of sp³-hybridized carbons (Fsp3) is 0.500. The number of esters is 1. The van der Waals surface area contributed by atoms with Crippen LogP contribution in [0.2, 0.25) is 0 Å². The van der Waals surface area contributed by atoms with Crippen LogP contribution >= 0.6 is 0 Å². The summed E-state index contributed by atoms with van der Waals surface area (Å²) in [5.41, 5.74) is 1.39. The molecule has 2 aliphatic rings. The molecule has 4 rings (SSSR count). The van der Waals surface area contributed by atoms with Crippen molar-refractivity contribution in [3.8, 4) is 0 Å². The number of rotatable bonds is 3. The first-order chi connectivity index (χ1) is 11.6. The number of aryl methyl sites for hydroxylation is 1. The molecule has 2 heterocycles. The van der Waals surface area contributed by atoms with Gasteiger partial charge in [-0.15, -0.1) is 0 Å². The smallest absolute Gasteiger partial charge is 0.307 e. The molecule has 126 valence electrons. The number of hydrogen-bond acceptors (Lipinski definition) is 4. The predicted octanol–water partition coefficient (Wildman–Crippen LogP) is 2.07. The van der Waals surface area contributed by atoms with E-state index in [2.05, 4.69) is 10.3 Å². The number of fused-ring (bicyclic) bond motifs is 1. The van der Waals surface area contributed by atoms with Crippen LogP contribution in [0.4, 0.5) is 0 Å². The minimum atomic E-state index is -0.562. The van der Waals surface area contributed by atoms with Crippen molar-refractivity contribution in [3.63, 3.8) is 0 Å². The molecule has 24 heavy (non-hydrogen) atoms. The molecule has 1 atom stereocenters. The van der Waals surface area contributed by atoms with E-state index in [4.69, 9.17) is 4.74 Å².